The Morgan fingerprint density at radius 2 is 1.81 bits per heavy atom. The predicted octanol–water partition coefficient (Wildman–Crippen LogP) is 4.77. The van der Waals surface area contributed by atoms with Gasteiger partial charge in [0.25, 0.3) is 5.91 Å². The molecule has 0 radical (unpaired) electrons. The van der Waals surface area contributed by atoms with E-state index in [4.69, 9.17) is 14.8 Å². The van der Waals surface area contributed by atoms with Gasteiger partial charge < -0.3 is 10.1 Å². The first kappa shape index (κ1) is 20.2. The first-order chi connectivity index (χ1) is 15.6. The number of carbonyl (C=O) groups is 1. The van der Waals surface area contributed by atoms with Gasteiger partial charge >= 0.3 is 0 Å². The number of fused-ring (bicyclic) bond motifs is 1. The maximum atomic E-state index is 12.5. The minimum absolute atomic E-state index is 0.0802. The SMILES string of the molecule is C[C@H](NC(=O)COc1cc(C2CC2)c2c(-c3ccccc3)nn(C)c2n1)c1ccccc1. The van der Waals surface area contributed by atoms with Crippen molar-refractivity contribution >= 4 is 16.9 Å². The van der Waals surface area contributed by atoms with E-state index in [1.165, 1.54) is 5.56 Å². The van der Waals surface area contributed by atoms with Crippen LogP contribution in [0.15, 0.2) is 66.7 Å². The fourth-order valence-corrected chi connectivity index (χ4v) is 4.09. The third kappa shape index (κ3) is 4.08. The number of nitrogens with one attached hydrogen (secondary N) is 1. The van der Waals surface area contributed by atoms with E-state index in [-0.39, 0.29) is 18.6 Å². The van der Waals surface area contributed by atoms with Crippen molar-refractivity contribution in [2.45, 2.75) is 31.7 Å². The van der Waals surface area contributed by atoms with Crippen LogP contribution in [-0.4, -0.2) is 27.3 Å². The lowest BCUT2D eigenvalue weighted by Gasteiger charge is -2.15. The Labute approximate surface area is 187 Å². The summed E-state index contributed by atoms with van der Waals surface area (Å²) in [4.78, 5) is 17.2. The molecule has 32 heavy (non-hydrogen) atoms. The fourth-order valence-electron chi connectivity index (χ4n) is 4.09. The van der Waals surface area contributed by atoms with Crippen LogP contribution in [0.4, 0.5) is 0 Å². The zero-order chi connectivity index (χ0) is 22.1. The van der Waals surface area contributed by atoms with Crippen LogP contribution in [0.1, 0.15) is 42.9 Å². The summed E-state index contributed by atoms with van der Waals surface area (Å²) in [5.41, 5.74) is 5.05. The second-order valence-corrected chi connectivity index (χ2v) is 8.35. The molecule has 1 aliphatic carbocycles. The third-order valence-electron chi connectivity index (χ3n) is 5.89. The van der Waals surface area contributed by atoms with E-state index in [0.717, 1.165) is 40.7 Å². The molecule has 2 aromatic heterocycles. The molecule has 1 atom stereocenters. The molecule has 0 saturated heterocycles. The van der Waals surface area contributed by atoms with Gasteiger partial charge in [-0.1, -0.05) is 60.7 Å². The van der Waals surface area contributed by atoms with Crippen molar-refractivity contribution in [1.82, 2.24) is 20.1 Å². The predicted molar refractivity (Wildman–Crippen MR) is 124 cm³/mol. The highest BCUT2D eigenvalue weighted by Crippen LogP contribution is 2.46. The number of aryl methyl sites for hydroxylation is 1. The van der Waals surface area contributed by atoms with Crippen LogP contribution < -0.4 is 10.1 Å². The summed E-state index contributed by atoms with van der Waals surface area (Å²) in [5, 5.41) is 8.82. The number of aromatic nitrogens is 3. The van der Waals surface area contributed by atoms with Gasteiger partial charge in [-0.15, -0.1) is 0 Å². The minimum atomic E-state index is -0.175. The van der Waals surface area contributed by atoms with Gasteiger partial charge in [0, 0.05) is 18.7 Å². The van der Waals surface area contributed by atoms with Crippen LogP contribution in [0.5, 0.6) is 5.88 Å². The summed E-state index contributed by atoms with van der Waals surface area (Å²) in [6.45, 7) is 1.88. The summed E-state index contributed by atoms with van der Waals surface area (Å²) in [6.07, 6.45) is 2.30. The molecule has 0 aliphatic heterocycles. The first-order valence-corrected chi connectivity index (χ1v) is 11.0. The van der Waals surface area contributed by atoms with E-state index in [0.29, 0.717) is 11.8 Å². The lowest BCUT2D eigenvalue weighted by atomic mass is 10.0. The number of benzene rings is 2. The Bertz CT molecular complexity index is 1250. The number of hydrogen-bond acceptors (Lipinski definition) is 4. The van der Waals surface area contributed by atoms with E-state index >= 15 is 0 Å². The summed E-state index contributed by atoms with van der Waals surface area (Å²) in [7, 11) is 1.90. The Kier molecular flexibility index (Phi) is 5.35. The van der Waals surface area contributed by atoms with Crippen LogP contribution in [0.2, 0.25) is 0 Å². The second-order valence-electron chi connectivity index (χ2n) is 8.35. The Morgan fingerprint density at radius 1 is 1.12 bits per heavy atom. The molecule has 0 unspecified atom stereocenters. The van der Waals surface area contributed by atoms with Crippen LogP contribution in [0, 0.1) is 0 Å². The normalized spacial score (nSPS) is 14.3. The standard InChI is InChI=1S/C26H26N4O2/c1-17(18-9-5-3-6-10-18)27-22(31)16-32-23-15-21(19-13-14-19)24-25(20-11-7-4-8-12-20)29-30(2)26(24)28-23/h3-12,15,17,19H,13-14,16H2,1-2H3,(H,27,31)/t17-/m0/s1. The average molecular weight is 427 g/mol. The van der Waals surface area contributed by atoms with Crippen molar-refractivity contribution in [2.75, 3.05) is 6.61 Å². The quantitative estimate of drug-likeness (QED) is 0.462. The van der Waals surface area contributed by atoms with Crippen LogP contribution in [0.25, 0.3) is 22.3 Å². The summed E-state index contributed by atoms with van der Waals surface area (Å²) < 4.78 is 7.64. The lowest BCUT2D eigenvalue weighted by Crippen LogP contribution is -2.31. The summed E-state index contributed by atoms with van der Waals surface area (Å²) in [6, 6.07) is 22.0. The van der Waals surface area contributed by atoms with Gasteiger partial charge in [-0.25, -0.2) is 4.68 Å². The number of rotatable bonds is 7. The number of pyridine rings is 1. The molecule has 0 spiro atoms. The highest BCUT2D eigenvalue weighted by Gasteiger charge is 2.30. The van der Waals surface area contributed by atoms with Gasteiger partial charge in [-0.05, 0) is 36.8 Å². The van der Waals surface area contributed by atoms with Gasteiger partial charge in [0.2, 0.25) is 5.88 Å². The zero-order valence-corrected chi connectivity index (χ0v) is 18.3. The van der Waals surface area contributed by atoms with E-state index < -0.39 is 0 Å². The molecule has 1 saturated carbocycles. The fraction of sp³-hybridized carbons (Fsp3) is 0.269. The van der Waals surface area contributed by atoms with E-state index in [1.807, 2.05) is 68.6 Å². The van der Waals surface area contributed by atoms with Crippen molar-refractivity contribution in [1.29, 1.82) is 0 Å². The first-order valence-electron chi connectivity index (χ1n) is 11.0. The zero-order valence-electron chi connectivity index (χ0n) is 18.3. The number of ether oxygens (including phenoxy) is 1. The van der Waals surface area contributed by atoms with Crippen molar-refractivity contribution in [3.63, 3.8) is 0 Å². The van der Waals surface area contributed by atoms with Gasteiger partial charge in [-0.3, -0.25) is 4.79 Å². The van der Waals surface area contributed by atoms with Crippen LogP contribution in [0.3, 0.4) is 0 Å². The molecule has 1 fully saturated rings. The molecule has 1 aliphatic rings. The largest absolute Gasteiger partial charge is 0.468 e. The molecule has 0 bridgehead atoms. The topological polar surface area (TPSA) is 69.0 Å². The third-order valence-corrected chi connectivity index (χ3v) is 5.89. The molecular weight excluding hydrogens is 400 g/mol. The minimum Gasteiger partial charge on any atom is -0.468 e. The molecule has 2 heterocycles. The lowest BCUT2D eigenvalue weighted by molar-refractivity contribution is -0.123. The second kappa shape index (κ2) is 8.46. The molecule has 6 heteroatoms. The highest BCUT2D eigenvalue weighted by molar-refractivity contribution is 5.95. The maximum Gasteiger partial charge on any atom is 0.258 e. The van der Waals surface area contributed by atoms with Crippen molar-refractivity contribution < 1.29 is 9.53 Å². The number of amides is 1. The van der Waals surface area contributed by atoms with Crippen molar-refractivity contribution in [3.8, 4) is 17.1 Å². The smallest absolute Gasteiger partial charge is 0.258 e. The monoisotopic (exact) mass is 426 g/mol. The molecule has 2 aromatic carbocycles. The number of nitrogens with zero attached hydrogens (tertiary/aromatic N) is 3. The van der Waals surface area contributed by atoms with Crippen LogP contribution in [-0.2, 0) is 11.8 Å². The van der Waals surface area contributed by atoms with E-state index in [9.17, 15) is 4.79 Å². The van der Waals surface area contributed by atoms with Gasteiger partial charge in [0.15, 0.2) is 12.3 Å². The average Bonchev–Trinajstić information content (AvgIpc) is 3.62. The number of hydrogen-bond donors (Lipinski definition) is 1. The van der Waals surface area contributed by atoms with Gasteiger partial charge in [0.1, 0.15) is 5.69 Å². The van der Waals surface area contributed by atoms with Gasteiger partial charge in [0.05, 0.1) is 11.4 Å². The van der Waals surface area contributed by atoms with Gasteiger partial charge in [-0.2, -0.15) is 10.1 Å². The van der Waals surface area contributed by atoms with Crippen molar-refractivity contribution in [3.05, 3.63) is 77.9 Å². The Balaban J connectivity index is 1.38. The van der Waals surface area contributed by atoms with Crippen molar-refractivity contribution in [2.24, 2.45) is 7.05 Å². The number of carbonyl (C=O) groups excluding carboxylic acids is 1. The molecule has 162 valence electrons. The molecule has 4 aromatic rings. The van der Waals surface area contributed by atoms with Crippen LogP contribution >= 0.6 is 0 Å². The molecule has 5 rings (SSSR count). The summed E-state index contributed by atoms with van der Waals surface area (Å²) in [5.74, 6) is 0.775. The van der Waals surface area contributed by atoms with E-state index in [2.05, 4.69) is 17.4 Å². The molecule has 1 amide bonds. The molecule has 6 nitrogen and oxygen atoms in total. The molecular formula is C26H26N4O2. The van der Waals surface area contributed by atoms with E-state index in [1.54, 1.807) is 4.68 Å². The Morgan fingerprint density at radius 3 is 2.50 bits per heavy atom. The summed E-state index contributed by atoms with van der Waals surface area (Å²) >= 11 is 0. The Hall–Kier alpha value is -3.67. The maximum absolute atomic E-state index is 12.5. The highest BCUT2D eigenvalue weighted by atomic mass is 16.5. The molecule has 1 N–H and O–H groups in total.